The van der Waals surface area contributed by atoms with E-state index in [-0.39, 0.29) is 22.6 Å². The van der Waals surface area contributed by atoms with Crippen molar-refractivity contribution in [2.75, 3.05) is 0 Å². The average molecular weight is 338 g/mol. The van der Waals surface area contributed by atoms with Crippen molar-refractivity contribution in [1.29, 1.82) is 0 Å². The van der Waals surface area contributed by atoms with E-state index in [9.17, 15) is 13.2 Å². The van der Waals surface area contributed by atoms with Gasteiger partial charge >= 0.3 is 0 Å². The highest BCUT2D eigenvalue weighted by molar-refractivity contribution is 8.15. The van der Waals surface area contributed by atoms with E-state index in [0.29, 0.717) is 10.8 Å². The number of carbonyl (C=O) groups is 1. The third-order valence-corrected chi connectivity index (χ3v) is 6.53. The molecule has 0 aliphatic carbocycles. The topological polar surface area (TPSA) is 63.2 Å². The van der Waals surface area contributed by atoms with Gasteiger partial charge in [-0.15, -0.1) is 11.3 Å². The Morgan fingerprint density at radius 1 is 1.35 bits per heavy atom. The lowest BCUT2D eigenvalue weighted by molar-refractivity contribution is -0.121. The minimum atomic E-state index is -3.70. The van der Waals surface area contributed by atoms with Crippen LogP contribution in [0.25, 0.3) is 0 Å². The van der Waals surface area contributed by atoms with Gasteiger partial charge in [-0.3, -0.25) is 4.79 Å². The normalized spacial score (nSPS) is 13.4. The molecule has 0 fully saturated rings. The Labute approximate surface area is 129 Å². The molecule has 20 heavy (non-hydrogen) atoms. The van der Waals surface area contributed by atoms with Crippen molar-refractivity contribution < 1.29 is 13.2 Å². The lowest BCUT2D eigenvalue weighted by Gasteiger charge is -2.22. The summed E-state index contributed by atoms with van der Waals surface area (Å²) >= 11 is 1.03. The summed E-state index contributed by atoms with van der Waals surface area (Å²) < 4.78 is 22.4. The first-order chi connectivity index (χ1) is 9.27. The number of carbonyl (C=O) groups excluding carboxylic acids is 1. The maximum Gasteiger partial charge on any atom is 0.270 e. The van der Waals surface area contributed by atoms with E-state index in [1.165, 1.54) is 6.07 Å². The molecule has 1 N–H and O–H groups in total. The molecule has 1 unspecified atom stereocenters. The van der Waals surface area contributed by atoms with Crippen LogP contribution in [-0.2, 0) is 20.3 Å². The Morgan fingerprint density at radius 2 is 1.95 bits per heavy atom. The lowest BCUT2D eigenvalue weighted by atomic mass is 9.95. The molecule has 114 valence electrons. The molecule has 1 amide bonds. The van der Waals surface area contributed by atoms with Gasteiger partial charge in [0.1, 0.15) is 4.21 Å². The van der Waals surface area contributed by atoms with Crippen LogP contribution in [0.3, 0.4) is 0 Å². The number of nitrogens with one attached hydrogen (secondary N) is 1. The molecule has 1 rings (SSSR count). The van der Waals surface area contributed by atoms with E-state index in [0.717, 1.165) is 24.2 Å². The Hall–Kier alpha value is -0.590. The highest BCUT2D eigenvalue weighted by Gasteiger charge is 2.18. The number of rotatable bonds is 7. The second kappa shape index (κ2) is 7.43. The van der Waals surface area contributed by atoms with E-state index in [2.05, 4.69) is 19.2 Å². The Morgan fingerprint density at radius 3 is 2.40 bits per heavy atom. The Kier molecular flexibility index (Phi) is 6.48. The number of thiophene rings is 1. The zero-order valence-corrected chi connectivity index (χ0v) is 14.2. The summed E-state index contributed by atoms with van der Waals surface area (Å²) in [4.78, 5) is 12.6. The van der Waals surface area contributed by atoms with Crippen LogP contribution in [0.1, 0.15) is 38.5 Å². The fraction of sp³-hybridized carbons (Fsp3) is 0.615. The quantitative estimate of drug-likeness (QED) is 0.777. The van der Waals surface area contributed by atoms with Gasteiger partial charge in [-0.2, -0.15) is 0 Å². The maximum atomic E-state index is 11.9. The molecule has 7 heteroatoms. The van der Waals surface area contributed by atoms with E-state index < -0.39 is 9.05 Å². The van der Waals surface area contributed by atoms with Crippen LogP contribution in [0, 0.1) is 5.92 Å². The molecule has 0 bridgehead atoms. The van der Waals surface area contributed by atoms with E-state index >= 15 is 0 Å². The van der Waals surface area contributed by atoms with Gasteiger partial charge in [0.05, 0.1) is 6.42 Å². The van der Waals surface area contributed by atoms with Crippen molar-refractivity contribution in [3.63, 3.8) is 0 Å². The maximum absolute atomic E-state index is 11.9. The second-order valence-electron chi connectivity index (χ2n) is 4.77. The summed E-state index contributed by atoms with van der Waals surface area (Å²) in [5.74, 6) is 0.367. The SMILES string of the molecule is CCC(CC)C(C)NC(=O)Cc1ccc(S(=O)(=O)Cl)s1. The van der Waals surface area contributed by atoms with Gasteiger partial charge in [-0.1, -0.05) is 26.7 Å². The van der Waals surface area contributed by atoms with Crippen LogP contribution >= 0.6 is 22.0 Å². The molecule has 0 aliphatic heterocycles. The minimum absolute atomic E-state index is 0.0787. The number of hydrogen-bond acceptors (Lipinski definition) is 4. The molecule has 0 radical (unpaired) electrons. The first kappa shape index (κ1) is 17.5. The first-order valence-electron chi connectivity index (χ1n) is 6.60. The van der Waals surface area contributed by atoms with Crippen molar-refractivity contribution >= 4 is 37.0 Å². The number of hydrogen-bond donors (Lipinski definition) is 1. The molecule has 0 saturated heterocycles. The molecule has 0 spiro atoms. The van der Waals surface area contributed by atoms with Crippen molar-refractivity contribution in [3.05, 3.63) is 17.0 Å². The van der Waals surface area contributed by atoms with E-state index in [1.54, 1.807) is 6.07 Å². The largest absolute Gasteiger partial charge is 0.353 e. The van der Waals surface area contributed by atoms with Crippen LogP contribution in [0.5, 0.6) is 0 Å². The third-order valence-electron chi connectivity index (χ3n) is 3.36. The van der Waals surface area contributed by atoms with Crippen LogP contribution < -0.4 is 5.32 Å². The summed E-state index contributed by atoms with van der Waals surface area (Å²) in [7, 11) is 1.55. The molecule has 1 aromatic heterocycles. The van der Waals surface area contributed by atoms with E-state index in [1.807, 2.05) is 6.92 Å². The van der Waals surface area contributed by atoms with Crippen LogP contribution in [0.15, 0.2) is 16.3 Å². The van der Waals surface area contributed by atoms with Crippen LogP contribution in [0.4, 0.5) is 0 Å². The van der Waals surface area contributed by atoms with Gasteiger partial charge in [-0.25, -0.2) is 8.42 Å². The highest BCUT2D eigenvalue weighted by Crippen LogP contribution is 2.25. The zero-order valence-electron chi connectivity index (χ0n) is 11.8. The van der Waals surface area contributed by atoms with E-state index in [4.69, 9.17) is 10.7 Å². The van der Waals surface area contributed by atoms with Gasteiger partial charge in [0.15, 0.2) is 0 Å². The Bertz CT molecular complexity index is 550. The molecule has 0 saturated carbocycles. The molecule has 1 heterocycles. The fourth-order valence-corrected chi connectivity index (χ4v) is 4.28. The summed E-state index contributed by atoms with van der Waals surface area (Å²) in [6, 6.07) is 3.18. The molecular formula is C13H20ClNO3S2. The highest BCUT2D eigenvalue weighted by atomic mass is 35.7. The van der Waals surface area contributed by atoms with Crippen molar-refractivity contribution in [2.45, 2.75) is 50.3 Å². The minimum Gasteiger partial charge on any atom is -0.353 e. The molecule has 0 aromatic carbocycles. The average Bonchev–Trinajstić information content (AvgIpc) is 2.78. The first-order valence-corrected chi connectivity index (χ1v) is 9.73. The summed E-state index contributed by atoms with van der Waals surface area (Å²) in [5, 5.41) is 2.96. The fourth-order valence-electron chi connectivity index (χ4n) is 2.16. The van der Waals surface area contributed by atoms with Gasteiger partial charge < -0.3 is 5.32 Å². The van der Waals surface area contributed by atoms with Crippen molar-refractivity contribution in [2.24, 2.45) is 5.92 Å². The van der Waals surface area contributed by atoms with Crippen LogP contribution in [0.2, 0.25) is 0 Å². The zero-order chi connectivity index (χ0) is 15.3. The van der Waals surface area contributed by atoms with Gasteiger partial charge in [0.2, 0.25) is 5.91 Å². The van der Waals surface area contributed by atoms with Gasteiger partial charge in [-0.05, 0) is 25.0 Å². The monoisotopic (exact) mass is 337 g/mol. The van der Waals surface area contributed by atoms with Crippen molar-refractivity contribution in [3.8, 4) is 0 Å². The predicted molar refractivity (Wildman–Crippen MR) is 82.7 cm³/mol. The van der Waals surface area contributed by atoms with Gasteiger partial charge in [0.25, 0.3) is 9.05 Å². The summed E-state index contributed by atoms with van der Waals surface area (Å²) in [5.41, 5.74) is 0. The molecule has 0 aliphatic rings. The Balaban J connectivity index is 2.61. The van der Waals surface area contributed by atoms with Gasteiger partial charge in [0, 0.05) is 21.6 Å². The predicted octanol–water partition coefficient (Wildman–Crippen LogP) is 3.16. The summed E-state index contributed by atoms with van der Waals surface area (Å²) in [6.45, 7) is 6.21. The molecule has 1 aromatic rings. The number of amides is 1. The van der Waals surface area contributed by atoms with Crippen LogP contribution in [-0.4, -0.2) is 20.4 Å². The van der Waals surface area contributed by atoms with Crippen molar-refractivity contribution in [1.82, 2.24) is 5.32 Å². The molecule has 4 nitrogen and oxygen atoms in total. The molecule has 1 atom stereocenters. The lowest BCUT2D eigenvalue weighted by Crippen LogP contribution is -2.38. The molecular weight excluding hydrogens is 318 g/mol. The summed E-state index contributed by atoms with van der Waals surface area (Å²) in [6.07, 6.45) is 2.22. The smallest absolute Gasteiger partial charge is 0.270 e. The second-order valence-corrected chi connectivity index (χ2v) is 8.73. The number of halogens is 1. The standard InChI is InChI=1S/C13H20ClNO3S2/c1-4-10(5-2)9(3)15-12(16)8-11-6-7-13(19-11)20(14,17)18/h6-7,9-10H,4-5,8H2,1-3H3,(H,15,16). The third kappa shape index (κ3) is 5.07.